The lowest BCUT2D eigenvalue weighted by Crippen LogP contribution is -2.23. The number of phenols is 1. The smallest absolute Gasteiger partial charge is 0.125 e. The highest BCUT2D eigenvalue weighted by Crippen LogP contribution is 2.32. The molecule has 2 aromatic rings. The fraction of sp³-hybridized carbons (Fsp3) is 0.467. The summed E-state index contributed by atoms with van der Waals surface area (Å²) in [7, 11) is 1.96. The molecule has 3 nitrogen and oxygen atoms in total. The monoisotopic (exact) mass is 246 g/mol. The van der Waals surface area contributed by atoms with Crippen molar-refractivity contribution in [2.75, 3.05) is 7.05 Å². The molecule has 1 aromatic heterocycles. The number of hydrogen-bond acceptors (Lipinski definition) is 2. The molecule has 0 aliphatic heterocycles. The number of likely N-dealkylation sites (N-methyl/N-ethyl adjacent to an activating group) is 1. The van der Waals surface area contributed by atoms with Gasteiger partial charge in [-0.05, 0) is 51.9 Å². The highest BCUT2D eigenvalue weighted by Gasteiger charge is 2.15. The molecule has 1 unspecified atom stereocenters. The van der Waals surface area contributed by atoms with Gasteiger partial charge in [0, 0.05) is 23.7 Å². The van der Waals surface area contributed by atoms with Crippen LogP contribution in [-0.4, -0.2) is 22.8 Å². The summed E-state index contributed by atoms with van der Waals surface area (Å²) in [5.41, 5.74) is 2.32. The number of benzene rings is 1. The van der Waals surface area contributed by atoms with Gasteiger partial charge in [-0.2, -0.15) is 0 Å². The van der Waals surface area contributed by atoms with Gasteiger partial charge in [0.1, 0.15) is 5.75 Å². The molecular weight excluding hydrogens is 224 g/mol. The van der Waals surface area contributed by atoms with Gasteiger partial charge in [-0.25, -0.2) is 0 Å². The van der Waals surface area contributed by atoms with Gasteiger partial charge in [0.15, 0.2) is 0 Å². The normalized spacial score (nSPS) is 13.4. The fourth-order valence-corrected chi connectivity index (χ4v) is 2.39. The first-order valence-corrected chi connectivity index (χ1v) is 6.53. The van der Waals surface area contributed by atoms with Crippen molar-refractivity contribution in [2.45, 2.75) is 39.3 Å². The number of phenolic OH excluding ortho intramolecular Hbond substituents is 1. The molecule has 0 saturated heterocycles. The average molecular weight is 246 g/mol. The fourth-order valence-electron chi connectivity index (χ4n) is 2.39. The Morgan fingerprint density at radius 1 is 1.28 bits per heavy atom. The quantitative estimate of drug-likeness (QED) is 0.870. The van der Waals surface area contributed by atoms with E-state index in [1.54, 1.807) is 6.07 Å². The van der Waals surface area contributed by atoms with E-state index in [0.717, 1.165) is 17.3 Å². The third-order valence-electron chi connectivity index (χ3n) is 3.49. The summed E-state index contributed by atoms with van der Waals surface area (Å²) in [5, 5.41) is 14.3. The lowest BCUT2D eigenvalue weighted by atomic mass is 10.1. The number of aromatic hydroxyl groups is 1. The molecule has 18 heavy (non-hydrogen) atoms. The second kappa shape index (κ2) is 5.02. The molecule has 0 amide bonds. The molecule has 0 aliphatic carbocycles. The zero-order chi connectivity index (χ0) is 13.3. The molecule has 1 atom stereocenters. The molecule has 0 aliphatic rings. The Bertz CT molecular complexity index is 543. The van der Waals surface area contributed by atoms with Crippen LogP contribution in [0.15, 0.2) is 24.4 Å². The molecule has 0 saturated carbocycles. The Balaban J connectivity index is 2.58. The molecule has 1 heterocycles. The zero-order valence-electron chi connectivity index (χ0n) is 11.6. The first-order valence-electron chi connectivity index (χ1n) is 6.53. The van der Waals surface area contributed by atoms with Crippen LogP contribution in [0.4, 0.5) is 0 Å². The van der Waals surface area contributed by atoms with Crippen molar-refractivity contribution in [3.63, 3.8) is 0 Å². The molecule has 0 fully saturated rings. The molecule has 0 spiro atoms. The Morgan fingerprint density at radius 2 is 2.00 bits per heavy atom. The SMILES string of the molecule is CNC(C)Cc1cn(C(C)C)c2cccc(O)c12. The summed E-state index contributed by atoms with van der Waals surface area (Å²) in [6.45, 7) is 6.47. The third kappa shape index (κ3) is 2.23. The van der Waals surface area contributed by atoms with E-state index in [1.807, 2.05) is 13.1 Å². The molecule has 2 N–H and O–H groups in total. The predicted octanol–water partition coefficient (Wildman–Crippen LogP) is 3.08. The van der Waals surface area contributed by atoms with E-state index in [9.17, 15) is 5.11 Å². The van der Waals surface area contributed by atoms with Gasteiger partial charge in [0.05, 0.1) is 5.52 Å². The summed E-state index contributed by atoms with van der Waals surface area (Å²) in [5.74, 6) is 0.380. The number of nitrogens with zero attached hydrogens (tertiary/aromatic N) is 1. The van der Waals surface area contributed by atoms with E-state index in [0.29, 0.717) is 17.8 Å². The minimum atomic E-state index is 0.380. The van der Waals surface area contributed by atoms with Gasteiger partial charge in [-0.3, -0.25) is 0 Å². The van der Waals surface area contributed by atoms with Crippen LogP contribution in [-0.2, 0) is 6.42 Å². The molecule has 0 bridgehead atoms. The van der Waals surface area contributed by atoms with Crippen molar-refractivity contribution >= 4 is 10.9 Å². The Kier molecular flexibility index (Phi) is 3.62. The van der Waals surface area contributed by atoms with Crippen LogP contribution in [0.5, 0.6) is 5.75 Å². The number of hydrogen-bond donors (Lipinski definition) is 2. The summed E-state index contributed by atoms with van der Waals surface area (Å²) in [6, 6.07) is 6.54. The molecular formula is C15H22N2O. The first-order chi connectivity index (χ1) is 8.54. The second-order valence-electron chi connectivity index (χ2n) is 5.22. The second-order valence-corrected chi connectivity index (χ2v) is 5.22. The van der Waals surface area contributed by atoms with Gasteiger partial charge in [-0.1, -0.05) is 6.07 Å². The third-order valence-corrected chi connectivity index (χ3v) is 3.49. The van der Waals surface area contributed by atoms with Crippen LogP contribution in [0.25, 0.3) is 10.9 Å². The summed E-state index contributed by atoms with van der Waals surface area (Å²) in [4.78, 5) is 0. The number of rotatable bonds is 4. The highest BCUT2D eigenvalue weighted by molar-refractivity contribution is 5.89. The van der Waals surface area contributed by atoms with Gasteiger partial charge in [0.25, 0.3) is 0 Å². The van der Waals surface area contributed by atoms with Crippen LogP contribution in [0, 0.1) is 0 Å². The van der Waals surface area contributed by atoms with Gasteiger partial charge in [-0.15, -0.1) is 0 Å². The highest BCUT2D eigenvalue weighted by atomic mass is 16.3. The maximum atomic E-state index is 10.1. The van der Waals surface area contributed by atoms with Gasteiger partial charge >= 0.3 is 0 Å². The Labute approximate surface area is 108 Å². The van der Waals surface area contributed by atoms with E-state index in [1.165, 1.54) is 5.56 Å². The van der Waals surface area contributed by atoms with Gasteiger partial charge in [0.2, 0.25) is 0 Å². The molecule has 1 aromatic carbocycles. The molecule has 0 radical (unpaired) electrons. The van der Waals surface area contributed by atoms with Crippen molar-refractivity contribution in [1.82, 2.24) is 9.88 Å². The van der Waals surface area contributed by atoms with Crippen molar-refractivity contribution in [3.8, 4) is 5.75 Å². The molecule has 2 rings (SSSR count). The molecule has 98 valence electrons. The zero-order valence-corrected chi connectivity index (χ0v) is 11.6. The van der Waals surface area contributed by atoms with Crippen molar-refractivity contribution in [2.24, 2.45) is 0 Å². The number of aromatic nitrogens is 1. The lowest BCUT2D eigenvalue weighted by molar-refractivity contribution is 0.481. The minimum Gasteiger partial charge on any atom is -0.507 e. The number of fused-ring (bicyclic) bond motifs is 1. The minimum absolute atomic E-state index is 0.380. The van der Waals surface area contributed by atoms with Crippen LogP contribution in [0.3, 0.4) is 0 Å². The van der Waals surface area contributed by atoms with Crippen LogP contribution in [0.2, 0.25) is 0 Å². The summed E-state index contributed by atoms with van der Waals surface area (Å²) < 4.78 is 2.23. The maximum Gasteiger partial charge on any atom is 0.125 e. The average Bonchev–Trinajstić information content (AvgIpc) is 2.69. The van der Waals surface area contributed by atoms with E-state index >= 15 is 0 Å². The predicted molar refractivity (Wildman–Crippen MR) is 76.2 cm³/mol. The number of nitrogens with one attached hydrogen (secondary N) is 1. The van der Waals surface area contributed by atoms with Crippen molar-refractivity contribution < 1.29 is 5.11 Å². The van der Waals surface area contributed by atoms with Crippen LogP contribution < -0.4 is 5.32 Å². The standard InChI is InChI=1S/C15H22N2O/c1-10(2)17-9-12(8-11(3)16-4)15-13(17)6-5-7-14(15)18/h5-7,9-11,16,18H,8H2,1-4H3. The lowest BCUT2D eigenvalue weighted by Gasteiger charge is -2.09. The topological polar surface area (TPSA) is 37.2 Å². The van der Waals surface area contributed by atoms with E-state index in [-0.39, 0.29) is 0 Å². The first kappa shape index (κ1) is 13.0. The van der Waals surface area contributed by atoms with Gasteiger partial charge < -0.3 is 15.0 Å². The maximum absolute atomic E-state index is 10.1. The largest absolute Gasteiger partial charge is 0.507 e. The Hall–Kier alpha value is -1.48. The van der Waals surface area contributed by atoms with Crippen LogP contribution in [0.1, 0.15) is 32.4 Å². The van der Waals surface area contributed by atoms with E-state index in [2.05, 4.69) is 42.9 Å². The molecule has 3 heteroatoms. The van der Waals surface area contributed by atoms with Crippen molar-refractivity contribution in [3.05, 3.63) is 30.0 Å². The Morgan fingerprint density at radius 3 is 2.61 bits per heavy atom. The van der Waals surface area contributed by atoms with E-state index in [4.69, 9.17) is 0 Å². The van der Waals surface area contributed by atoms with E-state index < -0.39 is 0 Å². The van der Waals surface area contributed by atoms with Crippen molar-refractivity contribution in [1.29, 1.82) is 0 Å². The van der Waals surface area contributed by atoms with Crippen LogP contribution >= 0.6 is 0 Å². The summed E-state index contributed by atoms with van der Waals surface area (Å²) in [6.07, 6.45) is 3.09. The summed E-state index contributed by atoms with van der Waals surface area (Å²) >= 11 is 0.